The molecule has 122 valence electrons. The number of nitrogens with one attached hydrogen (secondary N) is 1. The van der Waals surface area contributed by atoms with Gasteiger partial charge in [-0.05, 0) is 59.4 Å². The van der Waals surface area contributed by atoms with Gasteiger partial charge in [-0.25, -0.2) is 0 Å². The topological polar surface area (TPSA) is 99.0 Å². The fraction of sp³-hybridized carbons (Fsp3) is 0.438. The zero-order valence-electron chi connectivity index (χ0n) is 13.4. The molecule has 0 fully saturated rings. The fourth-order valence-corrected chi connectivity index (χ4v) is 3.35. The molecule has 7 heteroatoms. The molecule has 0 bridgehead atoms. The van der Waals surface area contributed by atoms with Crippen LogP contribution >= 0.6 is 0 Å². The number of hydrogen-bond acceptors (Lipinski definition) is 5. The molecule has 1 aliphatic carbocycles. The van der Waals surface area contributed by atoms with Crippen LogP contribution < -0.4 is 11.1 Å². The van der Waals surface area contributed by atoms with Crippen molar-refractivity contribution in [1.29, 1.82) is 0 Å². The number of anilines is 2. The van der Waals surface area contributed by atoms with Crippen LogP contribution in [0.2, 0.25) is 0 Å². The average Bonchev–Trinajstić information content (AvgIpc) is 2.83. The second-order valence-electron chi connectivity index (χ2n) is 5.88. The SMILES string of the molecule is CCn1c(C)nc([N+](=O)[O-])c1NC1CCCc2cc(N)ccc21. The Morgan fingerprint density at radius 2 is 2.30 bits per heavy atom. The van der Waals surface area contributed by atoms with E-state index in [-0.39, 0.29) is 11.9 Å². The van der Waals surface area contributed by atoms with E-state index < -0.39 is 4.92 Å². The van der Waals surface area contributed by atoms with Crippen LogP contribution in [0.15, 0.2) is 18.2 Å². The Kier molecular flexibility index (Phi) is 3.94. The Morgan fingerprint density at radius 1 is 1.52 bits per heavy atom. The molecule has 0 amide bonds. The van der Waals surface area contributed by atoms with Crippen molar-refractivity contribution >= 4 is 17.3 Å². The van der Waals surface area contributed by atoms with Crippen molar-refractivity contribution in [1.82, 2.24) is 9.55 Å². The summed E-state index contributed by atoms with van der Waals surface area (Å²) in [7, 11) is 0. The standard InChI is InChI=1S/C16H21N5O2/c1-3-20-10(2)18-16(21(22)23)15(20)19-14-6-4-5-11-9-12(17)7-8-13(11)14/h7-9,14,19H,3-6,17H2,1-2H3. The van der Waals surface area contributed by atoms with Crippen LogP contribution in [0.3, 0.4) is 0 Å². The highest BCUT2D eigenvalue weighted by Crippen LogP contribution is 2.36. The minimum absolute atomic E-state index is 0.0412. The first-order chi connectivity index (χ1) is 11.0. The maximum Gasteiger partial charge on any atom is 0.406 e. The summed E-state index contributed by atoms with van der Waals surface area (Å²) >= 11 is 0. The highest BCUT2D eigenvalue weighted by Gasteiger charge is 2.29. The molecule has 0 radical (unpaired) electrons. The number of imidazole rings is 1. The number of aromatic nitrogens is 2. The molecule has 0 aliphatic heterocycles. The van der Waals surface area contributed by atoms with Crippen molar-refractivity contribution in [2.75, 3.05) is 11.1 Å². The van der Waals surface area contributed by atoms with E-state index >= 15 is 0 Å². The summed E-state index contributed by atoms with van der Waals surface area (Å²) in [6.07, 6.45) is 2.95. The zero-order valence-corrected chi connectivity index (χ0v) is 13.4. The van der Waals surface area contributed by atoms with Gasteiger partial charge >= 0.3 is 5.82 Å². The Labute approximate surface area is 134 Å². The predicted molar refractivity (Wildman–Crippen MR) is 89.4 cm³/mol. The number of fused-ring (bicyclic) bond motifs is 1. The largest absolute Gasteiger partial charge is 0.406 e. The van der Waals surface area contributed by atoms with E-state index in [1.54, 1.807) is 6.92 Å². The number of nitrogen functional groups attached to an aromatic ring is 1. The molecule has 3 rings (SSSR count). The van der Waals surface area contributed by atoms with E-state index in [0.29, 0.717) is 18.2 Å². The molecule has 7 nitrogen and oxygen atoms in total. The van der Waals surface area contributed by atoms with Crippen LogP contribution in [0, 0.1) is 17.0 Å². The Balaban J connectivity index is 1.99. The summed E-state index contributed by atoms with van der Waals surface area (Å²) in [5.74, 6) is 1.03. The lowest BCUT2D eigenvalue weighted by Crippen LogP contribution is -2.20. The molecule has 3 N–H and O–H groups in total. The number of hydrogen-bond donors (Lipinski definition) is 2. The monoisotopic (exact) mass is 315 g/mol. The lowest BCUT2D eigenvalue weighted by atomic mass is 9.87. The number of rotatable bonds is 4. The van der Waals surface area contributed by atoms with Crippen LogP contribution in [-0.4, -0.2) is 14.5 Å². The molecule has 1 atom stereocenters. The van der Waals surface area contributed by atoms with Crippen LogP contribution in [0.5, 0.6) is 0 Å². The van der Waals surface area contributed by atoms with Gasteiger partial charge in [-0.15, -0.1) is 0 Å². The normalized spacial score (nSPS) is 16.9. The number of nitrogens with zero attached hydrogens (tertiary/aromatic N) is 3. The molecule has 1 heterocycles. The van der Waals surface area contributed by atoms with Gasteiger partial charge in [-0.1, -0.05) is 6.07 Å². The van der Waals surface area contributed by atoms with Gasteiger partial charge in [0.15, 0.2) is 0 Å². The first kappa shape index (κ1) is 15.3. The van der Waals surface area contributed by atoms with Crippen molar-refractivity contribution < 1.29 is 4.92 Å². The summed E-state index contributed by atoms with van der Waals surface area (Å²) in [4.78, 5) is 15.0. The van der Waals surface area contributed by atoms with Gasteiger partial charge in [-0.3, -0.25) is 4.57 Å². The minimum atomic E-state index is -0.422. The van der Waals surface area contributed by atoms with Crippen molar-refractivity contribution in [3.63, 3.8) is 0 Å². The smallest absolute Gasteiger partial charge is 0.399 e. The summed E-state index contributed by atoms with van der Waals surface area (Å²) in [6, 6.07) is 5.95. The Morgan fingerprint density at radius 3 is 3.00 bits per heavy atom. The second-order valence-corrected chi connectivity index (χ2v) is 5.88. The molecule has 1 aromatic carbocycles. The molecule has 0 saturated carbocycles. The third-order valence-electron chi connectivity index (χ3n) is 4.42. The van der Waals surface area contributed by atoms with E-state index in [1.165, 1.54) is 11.1 Å². The molecule has 1 aromatic heterocycles. The summed E-state index contributed by atoms with van der Waals surface area (Å²) < 4.78 is 1.85. The van der Waals surface area contributed by atoms with E-state index in [9.17, 15) is 10.1 Å². The van der Waals surface area contributed by atoms with Gasteiger partial charge in [0.1, 0.15) is 0 Å². The third kappa shape index (κ3) is 2.74. The van der Waals surface area contributed by atoms with Crippen molar-refractivity contribution in [2.24, 2.45) is 0 Å². The van der Waals surface area contributed by atoms with Gasteiger partial charge in [-0.2, -0.15) is 0 Å². The van der Waals surface area contributed by atoms with Crippen LogP contribution in [0.25, 0.3) is 0 Å². The number of nitrogens with two attached hydrogens (primary N) is 1. The summed E-state index contributed by atoms with van der Waals surface area (Å²) in [6.45, 7) is 4.38. The van der Waals surface area contributed by atoms with E-state index in [1.807, 2.05) is 29.7 Å². The molecule has 1 unspecified atom stereocenters. The quantitative estimate of drug-likeness (QED) is 0.513. The van der Waals surface area contributed by atoms with E-state index in [0.717, 1.165) is 24.9 Å². The zero-order chi connectivity index (χ0) is 16.6. The number of aryl methyl sites for hydroxylation is 2. The summed E-state index contributed by atoms with van der Waals surface area (Å²) in [5, 5.41) is 14.7. The van der Waals surface area contributed by atoms with Gasteiger partial charge in [0, 0.05) is 19.2 Å². The average molecular weight is 315 g/mol. The molecular formula is C16H21N5O2. The molecule has 1 aliphatic rings. The minimum Gasteiger partial charge on any atom is -0.399 e. The van der Waals surface area contributed by atoms with Crippen LogP contribution in [-0.2, 0) is 13.0 Å². The molecular weight excluding hydrogens is 294 g/mol. The number of benzene rings is 1. The molecule has 0 spiro atoms. The van der Waals surface area contributed by atoms with Crippen LogP contribution in [0.1, 0.15) is 42.8 Å². The van der Waals surface area contributed by atoms with Crippen molar-refractivity contribution in [3.8, 4) is 0 Å². The van der Waals surface area contributed by atoms with E-state index in [2.05, 4.69) is 10.3 Å². The van der Waals surface area contributed by atoms with Crippen LogP contribution in [0.4, 0.5) is 17.3 Å². The molecule has 23 heavy (non-hydrogen) atoms. The Bertz CT molecular complexity index is 753. The second kappa shape index (κ2) is 5.91. The first-order valence-corrected chi connectivity index (χ1v) is 7.87. The lowest BCUT2D eigenvalue weighted by molar-refractivity contribution is -0.388. The van der Waals surface area contributed by atoms with Crippen molar-refractivity contribution in [2.45, 2.75) is 45.7 Å². The van der Waals surface area contributed by atoms with Gasteiger partial charge in [0.2, 0.25) is 11.6 Å². The fourth-order valence-electron chi connectivity index (χ4n) is 3.35. The maximum atomic E-state index is 11.3. The highest BCUT2D eigenvalue weighted by atomic mass is 16.6. The molecule has 2 aromatic rings. The Hall–Kier alpha value is -2.57. The number of nitro groups is 1. The lowest BCUT2D eigenvalue weighted by Gasteiger charge is -2.27. The predicted octanol–water partition coefficient (Wildman–Crippen LogP) is 3.19. The first-order valence-electron chi connectivity index (χ1n) is 7.87. The highest BCUT2D eigenvalue weighted by molar-refractivity contribution is 5.56. The maximum absolute atomic E-state index is 11.3. The van der Waals surface area contributed by atoms with Gasteiger partial charge in [0.05, 0.1) is 6.04 Å². The summed E-state index contributed by atoms with van der Waals surface area (Å²) in [5.41, 5.74) is 9.01. The third-order valence-corrected chi connectivity index (χ3v) is 4.42. The van der Waals surface area contributed by atoms with Gasteiger partial charge < -0.3 is 21.2 Å². The molecule has 0 saturated heterocycles. The van der Waals surface area contributed by atoms with Crippen molar-refractivity contribution in [3.05, 3.63) is 45.3 Å². The van der Waals surface area contributed by atoms with E-state index in [4.69, 9.17) is 5.73 Å². The van der Waals surface area contributed by atoms with Gasteiger partial charge in [0.25, 0.3) is 0 Å².